The Morgan fingerprint density at radius 3 is 3.24 bits per heavy atom. The largest absolute Gasteiger partial charge is 0.396 e. The van der Waals surface area contributed by atoms with Crippen molar-refractivity contribution in [1.82, 2.24) is 15.3 Å². The van der Waals surface area contributed by atoms with Crippen molar-refractivity contribution in [2.75, 3.05) is 13.2 Å². The van der Waals surface area contributed by atoms with Gasteiger partial charge in [-0.3, -0.25) is 0 Å². The molecule has 0 bridgehead atoms. The van der Waals surface area contributed by atoms with Gasteiger partial charge >= 0.3 is 0 Å². The van der Waals surface area contributed by atoms with Crippen LogP contribution in [0.2, 0.25) is 0 Å². The van der Waals surface area contributed by atoms with Crippen LogP contribution in [-0.2, 0) is 6.54 Å². The number of aromatic amines is 1. The lowest BCUT2D eigenvalue weighted by Crippen LogP contribution is -2.21. The second-order valence-corrected chi connectivity index (χ2v) is 4.46. The minimum absolute atomic E-state index is 0.264. The number of H-pyrrole nitrogens is 1. The Bertz CT molecular complexity index is 466. The number of aliphatic hydroxyl groups excluding tert-OH is 1. The molecule has 92 valence electrons. The van der Waals surface area contributed by atoms with Crippen LogP contribution >= 0.6 is 0 Å². The zero-order valence-corrected chi connectivity index (χ0v) is 10.1. The van der Waals surface area contributed by atoms with Crippen molar-refractivity contribution in [3.63, 3.8) is 0 Å². The highest BCUT2D eigenvalue weighted by Gasteiger charge is 2.04. The van der Waals surface area contributed by atoms with Crippen molar-refractivity contribution in [1.29, 1.82) is 0 Å². The molecule has 0 amide bonds. The SMILES string of the molecule is CC(CCO)CNCc1c[nH]c2ncccc12. The average molecular weight is 233 g/mol. The smallest absolute Gasteiger partial charge is 0.137 e. The van der Waals surface area contributed by atoms with Crippen LogP contribution in [0.3, 0.4) is 0 Å². The van der Waals surface area contributed by atoms with Crippen LogP contribution in [0, 0.1) is 5.92 Å². The molecule has 1 unspecified atom stereocenters. The fourth-order valence-corrected chi connectivity index (χ4v) is 1.93. The summed E-state index contributed by atoms with van der Waals surface area (Å²) < 4.78 is 0. The van der Waals surface area contributed by atoms with Gasteiger partial charge in [-0.1, -0.05) is 6.92 Å². The summed E-state index contributed by atoms with van der Waals surface area (Å²) in [4.78, 5) is 7.42. The number of nitrogens with zero attached hydrogens (tertiary/aromatic N) is 1. The number of rotatable bonds is 6. The quantitative estimate of drug-likeness (QED) is 0.711. The number of fused-ring (bicyclic) bond motifs is 1. The van der Waals surface area contributed by atoms with Crippen molar-refractivity contribution < 1.29 is 5.11 Å². The van der Waals surface area contributed by atoms with E-state index in [2.05, 4.69) is 28.3 Å². The summed E-state index contributed by atoms with van der Waals surface area (Å²) in [5.74, 6) is 0.503. The molecule has 2 rings (SSSR count). The molecule has 0 aliphatic heterocycles. The molecule has 17 heavy (non-hydrogen) atoms. The van der Waals surface area contributed by atoms with Crippen molar-refractivity contribution in [3.05, 3.63) is 30.1 Å². The molecule has 2 heterocycles. The van der Waals surface area contributed by atoms with Crippen LogP contribution in [0.1, 0.15) is 18.9 Å². The summed E-state index contributed by atoms with van der Waals surface area (Å²) in [5, 5.41) is 13.4. The molecule has 0 saturated carbocycles. The zero-order chi connectivity index (χ0) is 12.1. The van der Waals surface area contributed by atoms with E-state index >= 15 is 0 Å². The number of aromatic nitrogens is 2. The first-order valence-corrected chi connectivity index (χ1v) is 6.04. The molecular formula is C13H19N3O. The maximum absolute atomic E-state index is 8.82. The van der Waals surface area contributed by atoms with Gasteiger partial charge in [-0.25, -0.2) is 4.98 Å². The number of hydrogen-bond acceptors (Lipinski definition) is 3. The molecule has 4 nitrogen and oxygen atoms in total. The zero-order valence-electron chi connectivity index (χ0n) is 10.1. The first kappa shape index (κ1) is 12.1. The van der Waals surface area contributed by atoms with Crippen molar-refractivity contribution >= 4 is 11.0 Å². The Morgan fingerprint density at radius 2 is 2.41 bits per heavy atom. The predicted octanol–water partition coefficient (Wildman–Crippen LogP) is 1.67. The minimum atomic E-state index is 0.264. The van der Waals surface area contributed by atoms with Gasteiger partial charge in [0.2, 0.25) is 0 Å². The number of pyridine rings is 1. The summed E-state index contributed by atoms with van der Waals surface area (Å²) in [5.41, 5.74) is 2.18. The standard InChI is InChI=1S/C13H19N3O/c1-10(4-6-17)7-14-8-11-9-16-13-12(11)3-2-5-15-13/h2-3,5,9-10,14,17H,4,6-8H2,1H3,(H,15,16). The van der Waals surface area contributed by atoms with Gasteiger partial charge in [0.05, 0.1) is 0 Å². The number of hydrogen-bond donors (Lipinski definition) is 3. The van der Waals surface area contributed by atoms with E-state index in [0.29, 0.717) is 5.92 Å². The first-order chi connectivity index (χ1) is 8.31. The lowest BCUT2D eigenvalue weighted by molar-refractivity contribution is 0.260. The van der Waals surface area contributed by atoms with E-state index in [-0.39, 0.29) is 6.61 Å². The van der Waals surface area contributed by atoms with Crippen molar-refractivity contribution in [3.8, 4) is 0 Å². The van der Waals surface area contributed by atoms with Gasteiger partial charge in [-0.15, -0.1) is 0 Å². The molecule has 0 fully saturated rings. The molecule has 0 saturated heterocycles. The summed E-state index contributed by atoms with van der Waals surface area (Å²) in [6.07, 6.45) is 4.64. The summed E-state index contributed by atoms with van der Waals surface area (Å²) in [6, 6.07) is 4.03. The predicted molar refractivity (Wildman–Crippen MR) is 68.7 cm³/mol. The molecule has 0 spiro atoms. The van der Waals surface area contributed by atoms with Crippen LogP contribution in [0.15, 0.2) is 24.5 Å². The van der Waals surface area contributed by atoms with Crippen LogP contribution < -0.4 is 5.32 Å². The highest BCUT2D eigenvalue weighted by atomic mass is 16.3. The second-order valence-electron chi connectivity index (χ2n) is 4.46. The molecule has 2 aromatic rings. The molecule has 3 N–H and O–H groups in total. The minimum Gasteiger partial charge on any atom is -0.396 e. The Labute approximate surface area is 101 Å². The second kappa shape index (κ2) is 5.80. The summed E-state index contributed by atoms with van der Waals surface area (Å²) in [6.45, 7) is 4.16. The first-order valence-electron chi connectivity index (χ1n) is 6.04. The van der Waals surface area contributed by atoms with E-state index in [4.69, 9.17) is 5.11 Å². The molecule has 0 radical (unpaired) electrons. The summed E-state index contributed by atoms with van der Waals surface area (Å²) >= 11 is 0. The maximum atomic E-state index is 8.82. The third kappa shape index (κ3) is 3.05. The Morgan fingerprint density at radius 1 is 1.53 bits per heavy atom. The highest BCUT2D eigenvalue weighted by Crippen LogP contribution is 2.15. The van der Waals surface area contributed by atoms with Gasteiger partial charge in [-0.05, 0) is 36.6 Å². The topological polar surface area (TPSA) is 60.9 Å². The molecule has 0 aromatic carbocycles. The van der Waals surface area contributed by atoms with Gasteiger partial charge < -0.3 is 15.4 Å². The van der Waals surface area contributed by atoms with E-state index in [9.17, 15) is 0 Å². The molecule has 0 aliphatic carbocycles. The van der Waals surface area contributed by atoms with Crippen molar-refractivity contribution in [2.45, 2.75) is 19.9 Å². The van der Waals surface area contributed by atoms with Crippen LogP contribution in [-0.4, -0.2) is 28.2 Å². The van der Waals surface area contributed by atoms with Crippen LogP contribution in [0.4, 0.5) is 0 Å². The molecule has 2 aromatic heterocycles. The monoisotopic (exact) mass is 233 g/mol. The van der Waals surface area contributed by atoms with Gasteiger partial charge in [0, 0.05) is 30.9 Å². The van der Waals surface area contributed by atoms with Gasteiger partial charge in [-0.2, -0.15) is 0 Å². The Balaban J connectivity index is 1.91. The van der Waals surface area contributed by atoms with Gasteiger partial charge in [0.1, 0.15) is 5.65 Å². The van der Waals surface area contributed by atoms with Crippen LogP contribution in [0.5, 0.6) is 0 Å². The molecular weight excluding hydrogens is 214 g/mol. The van der Waals surface area contributed by atoms with E-state index in [0.717, 1.165) is 25.2 Å². The van der Waals surface area contributed by atoms with Crippen LogP contribution in [0.25, 0.3) is 11.0 Å². The summed E-state index contributed by atoms with van der Waals surface area (Å²) in [7, 11) is 0. The Kier molecular flexibility index (Phi) is 4.12. The van der Waals surface area contributed by atoms with Gasteiger partial charge in [0.25, 0.3) is 0 Å². The molecule has 1 atom stereocenters. The lowest BCUT2D eigenvalue weighted by atomic mass is 10.1. The normalized spacial score (nSPS) is 13.1. The highest BCUT2D eigenvalue weighted by molar-refractivity contribution is 5.79. The Hall–Kier alpha value is -1.39. The third-order valence-electron chi connectivity index (χ3n) is 2.97. The number of nitrogens with one attached hydrogen (secondary N) is 2. The van der Waals surface area contributed by atoms with E-state index < -0.39 is 0 Å². The molecule has 4 heteroatoms. The fraction of sp³-hybridized carbons (Fsp3) is 0.462. The van der Waals surface area contributed by atoms with Gasteiger partial charge in [0.15, 0.2) is 0 Å². The van der Waals surface area contributed by atoms with Crippen molar-refractivity contribution in [2.24, 2.45) is 5.92 Å². The lowest BCUT2D eigenvalue weighted by Gasteiger charge is -2.10. The van der Waals surface area contributed by atoms with E-state index in [1.165, 1.54) is 10.9 Å². The number of aliphatic hydroxyl groups is 1. The average Bonchev–Trinajstić information content (AvgIpc) is 2.73. The third-order valence-corrected chi connectivity index (χ3v) is 2.97. The fourth-order valence-electron chi connectivity index (χ4n) is 1.93. The van der Waals surface area contributed by atoms with E-state index in [1.54, 1.807) is 6.20 Å². The molecule has 0 aliphatic rings. The maximum Gasteiger partial charge on any atom is 0.137 e. The van der Waals surface area contributed by atoms with E-state index in [1.807, 2.05) is 12.3 Å².